The SMILES string of the molecule is CCc1ccc(OCCCCCCCCCOc2ccc(C(=O)OC(Cc3c(Cl)cncc3Cl)c3ccc(OC(F)F)c(C4CC4)c3OC)cc2)cc1. The number of ether oxygens (including phenoxy) is 5. The Bertz CT molecular complexity index is 1730. The molecule has 7 nitrogen and oxygen atoms in total. The third-order valence-corrected chi connectivity index (χ3v) is 9.93. The Hall–Kier alpha value is -4.08. The molecule has 1 aromatic heterocycles. The zero-order valence-corrected chi connectivity index (χ0v) is 31.8. The molecule has 11 heteroatoms. The predicted octanol–water partition coefficient (Wildman–Crippen LogP) is 11.8. The minimum absolute atomic E-state index is 0.0130. The number of unbranched alkanes of at least 4 members (excludes halogenated alkanes) is 6. The van der Waals surface area contributed by atoms with Gasteiger partial charge in [-0.15, -0.1) is 0 Å². The molecule has 1 heterocycles. The molecule has 3 aromatic carbocycles. The van der Waals surface area contributed by atoms with E-state index in [1.54, 1.807) is 30.3 Å². The van der Waals surface area contributed by atoms with Crippen molar-refractivity contribution in [3.8, 4) is 23.0 Å². The maximum Gasteiger partial charge on any atom is 0.387 e. The van der Waals surface area contributed by atoms with Gasteiger partial charge in [-0.1, -0.05) is 74.4 Å². The molecule has 1 atom stereocenters. The Morgan fingerprint density at radius 3 is 1.91 bits per heavy atom. The number of benzene rings is 3. The second kappa shape index (κ2) is 20.4. The number of rotatable bonds is 22. The Labute approximate surface area is 320 Å². The topological polar surface area (TPSA) is 76.1 Å². The molecule has 5 rings (SSSR count). The fourth-order valence-corrected chi connectivity index (χ4v) is 6.76. The van der Waals surface area contributed by atoms with Crippen molar-refractivity contribution in [3.63, 3.8) is 0 Å². The molecule has 0 radical (unpaired) electrons. The van der Waals surface area contributed by atoms with Gasteiger partial charge in [-0.25, -0.2) is 4.79 Å². The van der Waals surface area contributed by atoms with Crippen LogP contribution >= 0.6 is 23.2 Å². The number of hydrogen-bond acceptors (Lipinski definition) is 7. The molecule has 1 fully saturated rings. The lowest BCUT2D eigenvalue weighted by atomic mass is 9.96. The summed E-state index contributed by atoms with van der Waals surface area (Å²) >= 11 is 12.9. The van der Waals surface area contributed by atoms with Gasteiger partial charge in [0.25, 0.3) is 0 Å². The highest BCUT2D eigenvalue weighted by Crippen LogP contribution is 2.52. The van der Waals surface area contributed by atoms with Crippen molar-refractivity contribution in [3.05, 3.63) is 111 Å². The van der Waals surface area contributed by atoms with Crippen LogP contribution in [0.3, 0.4) is 0 Å². The summed E-state index contributed by atoms with van der Waals surface area (Å²) in [7, 11) is 1.45. The molecule has 0 N–H and O–H groups in total. The average molecular weight is 771 g/mol. The number of halogens is 4. The minimum Gasteiger partial charge on any atom is -0.496 e. The van der Waals surface area contributed by atoms with Crippen LogP contribution in [-0.4, -0.2) is 37.9 Å². The highest BCUT2D eigenvalue weighted by Gasteiger charge is 2.35. The van der Waals surface area contributed by atoms with Crippen LogP contribution in [-0.2, 0) is 17.6 Å². The number of pyridine rings is 1. The first-order valence-electron chi connectivity index (χ1n) is 18.4. The van der Waals surface area contributed by atoms with E-state index in [0.29, 0.717) is 50.4 Å². The zero-order valence-electron chi connectivity index (χ0n) is 30.3. The second-order valence-electron chi connectivity index (χ2n) is 13.1. The van der Waals surface area contributed by atoms with Gasteiger partial charge in [-0.3, -0.25) is 4.98 Å². The first-order valence-corrected chi connectivity index (χ1v) is 19.1. The van der Waals surface area contributed by atoms with Gasteiger partial charge < -0.3 is 23.7 Å². The van der Waals surface area contributed by atoms with Crippen molar-refractivity contribution in [2.75, 3.05) is 20.3 Å². The van der Waals surface area contributed by atoms with Crippen LogP contribution in [0.1, 0.15) is 109 Å². The summed E-state index contributed by atoms with van der Waals surface area (Å²) in [6.45, 7) is 0.475. The van der Waals surface area contributed by atoms with Gasteiger partial charge in [0.15, 0.2) is 0 Å². The van der Waals surface area contributed by atoms with E-state index in [2.05, 4.69) is 24.0 Å². The molecule has 1 aliphatic rings. The van der Waals surface area contributed by atoms with E-state index in [1.807, 2.05) is 12.1 Å². The summed E-state index contributed by atoms with van der Waals surface area (Å²) < 4.78 is 55.1. The summed E-state index contributed by atoms with van der Waals surface area (Å²) in [6.07, 6.45) is 12.5. The van der Waals surface area contributed by atoms with Gasteiger partial charge in [0.2, 0.25) is 0 Å². The van der Waals surface area contributed by atoms with Crippen LogP contribution in [0, 0.1) is 0 Å². The van der Waals surface area contributed by atoms with Crippen molar-refractivity contribution in [1.82, 2.24) is 4.98 Å². The Balaban J connectivity index is 1.11. The lowest BCUT2D eigenvalue weighted by Crippen LogP contribution is -2.16. The lowest BCUT2D eigenvalue weighted by Gasteiger charge is -2.24. The van der Waals surface area contributed by atoms with Crippen LogP contribution in [0.15, 0.2) is 73.1 Å². The fourth-order valence-electron chi connectivity index (χ4n) is 6.24. The van der Waals surface area contributed by atoms with E-state index in [4.69, 9.17) is 46.9 Å². The van der Waals surface area contributed by atoms with Gasteiger partial charge in [-0.05, 0) is 97.7 Å². The summed E-state index contributed by atoms with van der Waals surface area (Å²) in [5.74, 6) is 1.35. The lowest BCUT2D eigenvalue weighted by molar-refractivity contribution is -0.0505. The van der Waals surface area contributed by atoms with Gasteiger partial charge in [0.05, 0.1) is 35.9 Å². The Morgan fingerprint density at radius 2 is 1.38 bits per heavy atom. The third kappa shape index (κ3) is 12.0. The molecule has 53 heavy (non-hydrogen) atoms. The van der Waals surface area contributed by atoms with Crippen LogP contribution in [0.5, 0.6) is 23.0 Å². The second-order valence-corrected chi connectivity index (χ2v) is 13.9. The molecule has 0 aliphatic heterocycles. The first kappa shape index (κ1) is 40.1. The smallest absolute Gasteiger partial charge is 0.387 e. The van der Waals surface area contributed by atoms with Crippen molar-refractivity contribution in [2.45, 2.75) is 96.2 Å². The quantitative estimate of drug-likeness (QED) is 0.0582. The van der Waals surface area contributed by atoms with Crippen molar-refractivity contribution in [1.29, 1.82) is 0 Å². The molecule has 4 aromatic rings. The number of esters is 1. The summed E-state index contributed by atoms with van der Waals surface area (Å²) in [5.41, 5.74) is 3.16. The van der Waals surface area contributed by atoms with Crippen LogP contribution in [0.2, 0.25) is 10.0 Å². The summed E-state index contributed by atoms with van der Waals surface area (Å²) in [4.78, 5) is 17.6. The largest absolute Gasteiger partial charge is 0.496 e. The van der Waals surface area contributed by atoms with Crippen molar-refractivity contribution >= 4 is 29.2 Å². The third-order valence-electron chi connectivity index (χ3n) is 9.28. The summed E-state index contributed by atoms with van der Waals surface area (Å²) in [6, 6.07) is 18.1. The van der Waals surface area contributed by atoms with Crippen LogP contribution in [0.4, 0.5) is 8.78 Å². The van der Waals surface area contributed by atoms with Gasteiger partial charge in [0.1, 0.15) is 29.1 Å². The van der Waals surface area contributed by atoms with Gasteiger partial charge in [-0.2, -0.15) is 8.78 Å². The van der Waals surface area contributed by atoms with Gasteiger partial charge >= 0.3 is 12.6 Å². The number of methoxy groups -OCH3 is 1. The molecule has 1 saturated carbocycles. The molecule has 0 saturated heterocycles. The molecule has 1 unspecified atom stereocenters. The standard InChI is InChI=1S/C42H47Cl2F2NO6/c1-3-28-11-17-31(18-12-28)50-23-9-7-5-4-6-8-10-24-51-32-19-15-30(16-20-32)41(48)52-38(25-34-35(43)26-47-27-36(34)44)33-21-22-37(53-42(45)46)39(29-13-14-29)40(33)49-2/h11-12,15-22,26-27,29,38,42H,3-10,13-14,23-25H2,1-2H3. The highest BCUT2D eigenvalue weighted by atomic mass is 35.5. The van der Waals surface area contributed by atoms with E-state index >= 15 is 0 Å². The van der Waals surface area contributed by atoms with E-state index in [1.165, 1.54) is 44.0 Å². The summed E-state index contributed by atoms with van der Waals surface area (Å²) in [5, 5.41) is 0.600. The van der Waals surface area contributed by atoms with Crippen molar-refractivity contribution < 1.29 is 37.3 Å². The molecule has 284 valence electrons. The number of carbonyl (C=O) groups excluding carboxylic acids is 1. The molecule has 1 aliphatic carbocycles. The van der Waals surface area contributed by atoms with Crippen LogP contribution < -0.4 is 18.9 Å². The van der Waals surface area contributed by atoms with Gasteiger partial charge in [0, 0.05) is 29.9 Å². The highest BCUT2D eigenvalue weighted by molar-refractivity contribution is 6.35. The molecule has 0 bridgehead atoms. The number of aromatic nitrogens is 1. The number of hydrogen-bond donors (Lipinski definition) is 0. The maximum atomic E-state index is 13.6. The monoisotopic (exact) mass is 769 g/mol. The van der Waals surface area contributed by atoms with E-state index < -0.39 is 18.7 Å². The minimum atomic E-state index is -3.00. The van der Waals surface area contributed by atoms with Crippen LogP contribution in [0.25, 0.3) is 0 Å². The number of nitrogens with zero attached hydrogens (tertiary/aromatic N) is 1. The fraction of sp³-hybridized carbons (Fsp3) is 0.429. The number of carbonyl (C=O) groups is 1. The molecular weight excluding hydrogens is 723 g/mol. The predicted molar refractivity (Wildman–Crippen MR) is 203 cm³/mol. The van der Waals surface area contributed by atoms with E-state index in [0.717, 1.165) is 63.7 Å². The first-order chi connectivity index (χ1) is 25.8. The number of alkyl halides is 2. The molecule has 0 spiro atoms. The van der Waals surface area contributed by atoms with E-state index in [9.17, 15) is 13.6 Å². The zero-order chi connectivity index (χ0) is 37.6. The van der Waals surface area contributed by atoms with E-state index in [-0.39, 0.29) is 18.1 Å². The maximum absolute atomic E-state index is 13.6. The molecular formula is C42H47Cl2F2NO6. The Kier molecular flexibility index (Phi) is 15.4. The Morgan fingerprint density at radius 1 is 0.811 bits per heavy atom. The number of aryl methyl sites for hydroxylation is 1. The molecule has 0 amide bonds. The normalized spacial score (nSPS) is 13.1. The van der Waals surface area contributed by atoms with Crippen molar-refractivity contribution in [2.24, 2.45) is 0 Å². The average Bonchev–Trinajstić information content (AvgIpc) is 4.00.